The number of hydrogen-bond acceptors (Lipinski definition) is 9. The number of hydrogen-bond donors (Lipinski definition) is 4. The van der Waals surface area contributed by atoms with E-state index in [1.54, 1.807) is 18.3 Å². The Labute approximate surface area is 223 Å². The average molecular weight is 544 g/mol. The molecule has 4 rings (SSSR count). The van der Waals surface area contributed by atoms with Crippen LogP contribution in [-0.2, 0) is 11.3 Å². The second-order valence-corrected chi connectivity index (χ2v) is 9.50. The van der Waals surface area contributed by atoms with Crippen LogP contribution in [0.4, 0.5) is 20.2 Å². The molecule has 39 heavy (non-hydrogen) atoms. The van der Waals surface area contributed by atoms with E-state index in [-0.39, 0.29) is 25.5 Å². The molecule has 0 fully saturated rings. The zero-order valence-electron chi connectivity index (χ0n) is 21.9. The number of anilines is 2. The summed E-state index contributed by atoms with van der Waals surface area (Å²) in [5.41, 5.74) is 5.28. The number of benzene rings is 2. The second kappa shape index (κ2) is 11.7. The molecular formula is C26H31F2N7O4. The second-order valence-electron chi connectivity index (χ2n) is 9.50. The van der Waals surface area contributed by atoms with Gasteiger partial charge in [0.1, 0.15) is 25.6 Å². The molecule has 3 aromatic rings. The van der Waals surface area contributed by atoms with Gasteiger partial charge in [-0.3, -0.25) is 14.5 Å². The third-order valence-corrected chi connectivity index (χ3v) is 5.98. The molecule has 0 saturated heterocycles. The van der Waals surface area contributed by atoms with Gasteiger partial charge in [0.2, 0.25) is 5.91 Å². The van der Waals surface area contributed by atoms with Crippen molar-refractivity contribution in [3.8, 4) is 11.5 Å². The quantitative estimate of drug-likeness (QED) is 0.245. The van der Waals surface area contributed by atoms with Crippen molar-refractivity contribution in [1.29, 1.82) is 0 Å². The fourth-order valence-electron chi connectivity index (χ4n) is 3.95. The van der Waals surface area contributed by atoms with Gasteiger partial charge in [-0.1, -0.05) is 6.07 Å². The van der Waals surface area contributed by atoms with E-state index in [0.717, 1.165) is 6.07 Å². The van der Waals surface area contributed by atoms with E-state index in [0.29, 0.717) is 46.7 Å². The lowest BCUT2D eigenvalue weighted by Gasteiger charge is -2.29. The lowest BCUT2D eigenvalue weighted by atomic mass is 10.1. The Kier molecular flexibility index (Phi) is 8.31. The van der Waals surface area contributed by atoms with Crippen LogP contribution in [-0.4, -0.2) is 59.9 Å². The van der Waals surface area contributed by atoms with Crippen LogP contribution in [0.2, 0.25) is 0 Å². The first-order chi connectivity index (χ1) is 18.6. The molecule has 1 amide bonds. The normalized spacial score (nSPS) is 13.1. The molecule has 0 saturated carbocycles. The topological polar surface area (TPSA) is 139 Å². The van der Waals surface area contributed by atoms with Gasteiger partial charge < -0.3 is 35.8 Å². The van der Waals surface area contributed by atoms with Crippen LogP contribution in [0.5, 0.6) is 11.5 Å². The maximum atomic E-state index is 14.9. The third-order valence-electron chi connectivity index (χ3n) is 5.98. The molecular weight excluding hydrogens is 512 g/mol. The van der Waals surface area contributed by atoms with Crippen molar-refractivity contribution in [2.45, 2.75) is 25.9 Å². The first kappa shape index (κ1) is 27.8. The molecule has 0 spiro atoms. The number of nitrogens with two attached hydrogens (primary N) is 1. The molecule has 0 atom stereocenters. The number of nitrogens with one attached hydrogen (secondary N) is 2. The van der Waals surface area contributed by atoms with Crippen LogP contribution >= 0.6 is 0 Å². The number of aliphatic hydroxyl groups is 1. The zero-order chi connectivity index (χ0) is 28.2. The first-order valence-corrected chi connectivity index (χ1v) is 12.2. The molecule has 0 unspecified atom stereocenters. The number of methoxy groups -OCH3 is 1. The molecule has 13 heteroatoms. The van der Waals surface area contributed by atoms with E-state index in [1.165, 1.54) is 35.0 Å². The summed E-state index contributed by atoms with van der Waals surface area (Å²) in [4.78, 5) is 17.4. The number of aromatic nitrogens is 2. The molecule has 1 aliphatic rings. The monoisotopic (exact) mass is 543 g/mol. The van der Waals surface area contributed by atoms with E-state index in [9.17, 15) is 18.7 Å². The van der Waals surface area contributed by atoms with Crippen LogP contribution in [0.1, 0.15) is 13.8 Å². The number of fused-ring (bicyclic) bond motifs is 1. The Balaban J connectivity index is 1.75. The van der Waals surface area contributed by atoms with Crippen LogP contribution < -0.4 is 41.3 Å². The lowest BCUT2D eigenvalue weighted by molar-refractivity contribution is -0.118. The van der Waals surface area contributed by atoms with Gasteiger partial charge in [0, 0.05) is 29.6 Å². The van der Waals surface area contributed by atoms with Gasteiger partial charge in [-0.25, -0.2) is 8.78 Å². The number of carbonyl (C=O) groups excluding carboxylic acids is 1. The highest BCUT2D eigenvalue weighted by Gasteiger charge is 2.23. The Morgan fingerprint density at radius 2 is 2.05 bits per heavy atom. The van der Waals surface area contributed by atoms with E-state index < -0.39 is 23.1 Å². The largest absolute Gasteiger partial charge is 0.493 e. The predicted octanol–water partition coefficient (Wildman–Crippen LogP) is 0.670. The molecule has 0 aliphatic carbocycles. The number of halogens is 2. The number of carbonyl (C=O) groups is 1. The smallest absolute Gasteiger partial charge is 0.239 e. The minimum atomic E-state index is -1.02. The number of rotatable bonds is 12. The maximum absolute atomic E-state index is 14.9. The molecule has 1 aliphatic heterocycles. The molecule has 11 nitrogen and oxygen atoms in total. The van der Waals surface area contributed by atoms with E-state index in [2.05, 4.69) is 20.7 Å². The Morgan fingerprint density at radius 3 is 2.77 bits per heavy atom. The lowest BCUT2D eigenvalue weighted by Crippen LogP contribution is -2.44. The van der Waals surface area contributed by atoms with E-state index >= 15 is 0 Å². The number of nitrogens with zero attached hydrogens (tertiary/aromatic N) is 4. The van der Waals surface area contributed by atoms with Crippen LogP contribution in [0.25, 0.3) is 5.82 Å². The number of primary amides is 1. The summed E-state index contributed by atoms with van der Waals surface area (Å²) in [6, 6.07) is 7.31. The van der Waals surface area contributed by atoms with Gasteiger partial charge in [0.25, 0.3) is 0 Å². The van der Waals surface area contributed by atoms with Gasteiger partial charge in [0.15, 0.2) is 23.1 Å². The van der Waals surface area contributed by atoms with Crippen LogP contribution in [0.15, 0.2) is 47.7 Å². The molecule has 0 bridgehead atoms. The van der Waals surface area contributed by atoms with Crippen molar-refractivity contribution in [2.24, 2.45) is 10.7 Å². The standard InChI is InChI=1S/C26H31F2N7O4/c1-26(2,14-36)31-7-8-39-22-10-19-17(9-21(22)38-3)25(33-16-11-32-34(12-16)13-23(29)37)35(15-30-19)20-6-4-5-18(27)24(20)28/h4-6,9-12,31,33,36H,7-8,13-15H2,1-3H3,(H2,29,37). The van der Waals surface area contributed by atoms with Gasteiger partial charge in [-0.05, 0) is 32.0 Å². The molecule has 2 aromatic carbocycles. The summed E-state index contributed by atoms with van der Waals surface area (Å²) in [6.07, 6.45) is 3.05. The summed E-state index contributed by atoms with van der Waals surface area (Å²) in [5.74, 6) is -1.34. The highest BCUT2D eigenvalue weighted by molar-refractivity contribution is 5.78. The minimum absolute atomic E-state index is 0.0201. The number of amides is 1. The third kappa shape index (κ3) is 6.44. The molecule has 2 heterocycles. The number of aliphatic hydroxyl groups excluding tert-OH is 1. The fraction of sp³-hybridized carbons (Fsp3) is 0.346. The molecule has 0 radical (unpaired) electrons. The van der Waals surface area contributed by atoms with Gasteiger partial charge in [-0.15, -0.1) is 0 Å². The molecule has 1 aromatic heterocycles. The predicted molar refractivity (Wildman–Crippen MR) is 141 cm³/mol. The highest BCUT2D eigenvalue weighted by Crippen LogP contribution is 2.28. The summed E-state index contributed by atoms with van der Waals surface area (Å²) in [7, 11) is 1.49. The SMILES string of the molecule is COc1cc2c(cc1OCCNC(C)(C)CO)=NCN(c1cccc(F)c1F)C=2Nc1cnn(CC(N)=O)c1. The minimum Gasteiger partial charge on any atom is -0.493 e. The van der Waals surface area contributed by atoms with Gasteiger partial charge >= 0.3 is 0 Å². The van der Waals surface area contributed by atoms with Crippen molar-refractivity contribution in [2.75, 3.05) is 43.8 Å². The van der Waals surface area contributed by atoms with Gasteiger partial charge in [0.05, 0.1) is 36.6 Å². The summed E-state index contributed by atoms with van der Waals surface area (Å²) >= 11 is 0. The average Bonchev–Trinajstić information content (AvgIpc) is 3.34. The zero-order valence-corrected chi connectivity index (χ0v) is 21.9. The molecule has 208 valence electrons. The van der Waals surface area contributed by atoms with Crippen molar-refractivity contribution in [3.05, 3.63) is 64.9 Å². The maximum Gasteiger partial charge on any atom is 0.239 e. The van der Waals surface area contributed by atoms with E-state index in [1.807, 2.05) is 13.8 Å². The van der Waals surface area contributed by atoms with Crippen molar-refractivity contribution < 1.29 is 28.2 Å². The Bertz CT molecular complexity index is 1480. The van der Waals surface area contributed by atoms with Crippen molar-refractivity contribution in [1.82, 2.24) is 15.1 Å². The first-order valence-electron chi connectivity index (χ1n) is 12.2. The highest BCUT2D eigenvalue weighted by atomic mass is 19.2. The summed E-state index contributed by atoms with van der Waals surface area (Å²) in [5, 5.41) is 21.0. The van der Waals surface area contributed by atoms with Crippen molar-refractivity contribution in [3.63, 3.8) is 0 Å². The Hall–Kier alpha value is -4.23. The van der Waals surface area contributed by atoms with E-state index in [4.69, 9.17) is 15.2 Å². The van der Waals surface area contributed by atoms with Gasteiger partial charge in [-0.2, -0.15) is 5.10 Å². The Morgan fingerprint density at radius 1 is 1.26 bits per heavy atom. The summed E-state index contributed by atoms with van der Waals surface area (Å²) in [6.45, 7) is 4.36. The number of ether oxygens (including phenoxy) is 2. The fourth-order valence-corrected chi connectivity index (χ4v) is 3.95. The molecule has 5 N–H and O–H groups in total. The van der Waals surface area contributed by atoms with Crippen molar-refractivity contribution >= 4 is 23.1 Å². The van der Waals surface area contributed by atoms with Crippen LogP contribution in [0, 0.1) is 11.6 Å². The summed E-state index contributed by atoms with van der Waals surface area (Å²) < 4.78 is 41.9. The van der Waals surface area contributed by atoms with Crippen LogP contribution in [0.3, 0.4) is 0 Å².